The van der Waals surface area contributed by atoms with Crippen LogP contribution in [0.5, 0.6) is 0 Å². The number of nitrogens with zero attached hydrogens (tertiary/aromatic N) is 1. The van der Waals surface area contributed by atoms with E-state index < -0.39 is 0 Å². The molecule has 0 unspecified atom stereocenters. The van der Waals surface area contributed by atoms with E-state index in [1.54, 1.807) is 0 Å². The van der Waals surface area contributed by atoms with Gasteiger partial charge in [0.05, 0.1) is 0 Å². The second-order valence-electron chi connectivity index (χ2n) is 3.80. The van der Waals surface area contributed by atoms with Gasteiger partial charge in [0.15, 0.2) is 0 Å². The first-order valence-corrected chi connectivity index (χ1v) is 6.13. The number of rotatable bonds is 2. The van der Waals surface area contributed by atoms with Crippen LogP contribution in [0.3, 0.4) is 0 Å². The van der Waals surface area contributed by atoms with Crippen molar-refractivity contribution in [2.45, 2.75) is 19.4 Å². The lowest BCUT2D eigenvalue weighted by Gasteiger charge is -2.42. The van der Waals surface area contributed by atoms with E-state index in [0.29, 0.717) is 5.54 Å². The summed E-state index contributed by atoms with van der Waals surface area (Å²) in [6.45, 7) is 10.6. The summed E-state index contributed by atoms with van der Waals surface area (Å²) in [6.07, 6.45) is 0. The average molecular weight is 250 g/mol. The van der Waals surface area contributed by atoms with E-state index in [1.165, 1.54) is 18.1 Å². The van der Waals surface area contributed by atoms with Crippen molar-refractivity contribution >= 4 is 27.7 Å². The maximum atomic E-state index is 3.88. The van der Waals surface area contributed by atoms with Crippen LogP contribution in [0.2, 0.25) is 0 Å². The van der Waals surface area contributed by atoms with Crippen LogP contribution in [0, 0.1) is 0 Å². The lowest BCUT2D eigenvalue weighted by Crippen LogP contribution is -2.50. The zero-order valence-electron chi connectivity index (χ0n) is 7.77. The number of thioether (sulfide) groups is 1. The van der Waals surface area contributed by atoms with Gasteiger partial charge in [-0.2, -0.15) is 11.8 Å². The van der Waals surface area contributed by atoms with Crippen molar-refractivity contribution in [3.05, 3.63) is 11.1 Å². The van der Waals surface area contributed by atoms with Crippen molar-refractivity contribution in [2.24, 2.45) is 0 Å². The molecule has 1 fully saturated rings. The molecule has 0 aromatic rings. The molecule has 0 bridgehead atoms. The van der Waals surface area contributed by atoms with Crippen LogP contribution in [0.1, 0.15) is 13.8 Å². The predicted molar refractivity (Wildman–Crippen MR) is 61.0 cm³/mol. The van der Waals surface area contributed by atoms with Crippen molar-refractivity contribution in [3.8, 4) is 0 Å². The molecule has 12 heavy (non-hydrogen) atoms. The first kappa shape index (κ1) is 10.6. The third-order valence-electron chi connectivity index (χ3n) is 2.18. The Kier molecular flexibility index (Phi) is 3.68. The molecule has 1 aliphatic heterocycles. The van der Waals surface area contributed by atoms with Crippen molar-refractivity contribution in [3.63, 3.8) is 0 Å². The minimum absolute atomic E-state index is 0.333. The third-order valence-corrected chi connectivity index (χ3v) is 3.81. The molecule has 70 valence electrons. The van der Waals surface area contributed by atoms with Crippen molar-refractivity contribution < 1.29 is 0 Å². The SMILES string of the molecule is C=C(Br)CN1CCSCC1(C)C. The van der Waals surface area contributed by atoms with Crippen LogP contribution < -0.4 is 0 Å². The van der Waals surface area contributed by atoms with Crippen molar-refractivity contribution in [1.82, 2.24) is 4.90 Å². The maximum absolute atomic E-state index is 3.88. The zero-order chi connectivity index (χ0) is 9.19. The molecule has 1 nitrogen and oxygen atoms in total. The van der Waals surface area contributed by atoms with Gasteiger partial charge in [-0.25, -0.2) is 0 Å². The van der Waals surface area contributed by atoms with E-state index in [-0.39, 0.29) is 0 Å². The minimum atomic E-state index is 0.333. The van der Waals surface area contributed by atoms with Crippen LogP contribution in [-0.2, 0) is 0 Å². The Labute approximate surface area is 87.7 Å². The van der Waals surface area contributed by atoms with E-state index >= 15 is 0 Å². The molecule has 0 spiro atoms. The van der Waals surface area contributed by atoms with Gasteiger partial charge < -0.3 is 0 Å². The van der Waals surface area contributed by atoms with E-state index in [1.807, 2.05) is 11.8 Å². The Balaban J connectivity index is 2.54. The molecule has 0 saturated carbocycles. The van der Waals surface area contributed by atoms with E-state index in [4.69, 9.17) is 0 Å². The van der Waals surface area contributed by atoms with Gasteiger partial charge in [0.1, 0.15) is 0 Å². The molecule has 1 aliphatic rings. The van der Waals surface area contributed by atoms with Gasteiger partial charge in [-0.05, 0) is 13.8 Å². The minimum Gasteiger partial charge on any atom is -0.292 e. The Morgan fingerprint density at radius 1 is 1.67 bits per heavy atom. The van der Waals surface area contributed by atoms with Gasteiger partial charge in [0.2, 0.25) is 0 Å². The third kappa shape index (κ3) is 2.79. The van der Waals surface area contributed by atoms with Gasteiger partial charge in [-0.3, -0.25) is 4.90 Å². The molecule has 1 saturated heterocycles. The lowest BCUT2D eigenvalue weighted by molar-refractivity contribution is 0.162. The average Bonchev–Trinajstić information content (AvgIpc) is 1.92. The highest BCUT2D eigenvalue weighted by Crippen LogP contribution is 2.26. The fourth-order valence-corrected chi connectivity index (χ4v) is 2.87. The monoisotopic (exact) mass is 249 g/mol. The number of hydrogen-bond donors (Lipinski definition) is 0. The molecule has 0 radical (unpaired) electrons. The molecule has 0 N–H and O–H groups in total. The van der Waals surface area contributed by atoms with E-state index in [9.17, 15) is 0 Å². The second kappa shape index (κ2) is 4.16. The first-order chi connectivity index (χ1) is 5.52. The molecule has 0 aromatic heterocycles. The summed E-state index contributed by atoms with van der Waals surface area (Å²) in [7, 11) is 0. The highest BCUT2D eigenvalue weighted by molar-refractivity contribution is 9.11. The molecule has 0 amide bonds. The quantitative estimate of drug-likeness (QED) is 0.741. The molecular formula is C9H16BrNS. The molecule has 0 atom stereocenters. The highest BCUT2D eigenvalue weighted by atomic mass is 79.9. The highest BCUT2D eigenvalue weighted by Gasteiger charge is 2.29. The molecular weight excluding hydrogens is 234 g/mol. The Hall–Kier alpha value is 0.530. The second-order valence-corrected chi connectivity index (χ2v) is 6.03. The molecule has 1 heterocycles. The number of halogens is 1. The fourth-order valence-electron chi connectivity index (χ4n) is 1.39. The Bertz CT molecular complexity index is 179. The summed E-state index contributed by atoms with van der Waals surface area (Å²) >= 11 is 5.46. The summed E-state index contributed by atoms with van der Waals surface area (Å²) in [5.74, 6) is 2.48. The topological polar surface area (TPSA) is 3.24 Å². The normalized spacial score (nSPS) is 23.9. The molecule has 0 aromatic carbocycles. The van der Waals surface area contributed by atoms with E-state index in [0.717, 1.165) is 11.0 Å². The Morgan fingerprint density at radius 3 is 2.83 bits per heavy atom. The molecule has 3 heteroatoms. The maximum Gasteiger partial charge on any atom is 0.0299 e. The summed E-state index contributed by atoms with van der Waals surface area (Å²) in [5, 5.41) is 0. The van der Waals surface area contributed by atoms with E-state index in [2.05, 4.69) is 41.3 Å². The van der Waals surface area contributed by atoms with Crippen molar-refractivity contribution in [2.75, 3.05) is 24.6 Å². The van der Waals surface area contributed by atoms with Crippen LogP contribution in [0.15, 0.2) is 11.1 Å². The summed E-state index contributed by atoms with van der Waals surface area (Å²) < 4.78 is 1.09. The lowest BCUT2D eigenvalue weighted by atomic mass is 10.1. The first-order valence-electron chi connectivity index (χ1n) is 4.18. The number of hydrogen-bond acceptors (Lipinski definition) is 2. The van der Waals surface area contributed by atoms with Crippen LogP contribution >= 0.6 is 27.7 Å². The smallest absolute Gasteiger partial charge is 0.0299 e. The molecule has 1 rings (SSSR count). The van der Waals surface area contributed by atoms with Gasteiger partial charge >= 0.3 is 0 Å². The predicted octanol–water partition coefficient (Wildman–Crippen LogP) is 2.72. The van der Waals surface area contributed by atoms with Crippen LogP contribution in [0.25, 0.3) is 0 Å². The summed E-state index contributed by atoms with van der Waals surface area (Å²) in [6, 6.07) is 0. The molecule has 0 aliphatic carbocycles. The summed E-state index contributed by atoms with van der Waals surface area (Å²) in [5.41, 5.74) is 0.333. The van der Waals surface area contributed by atoms with Crippen molar-refractivity contribution in [1.29, 1.82) is 0 Å². The largest absolute Gasteiger partial charge is 0.292 e. The summed E-state index contributed by atoms with van der Waals surface area (Å²) in [4.78, 5) is 2.49. The van der Waals surface area contributed by atoms with Gasteiger partial charge in [-0.1, -0.05) is 22.5 Å². The Morgan fingerprint density at radius 2 is 2.33 bits per heavy atom. The standard InChI is InChI=1S/C9H16BrNS/c1-8(10)6-11-4-5-12-7-9(11,2)3/h1,4-7H2,2-3H3. The van der Waals surface area contributed by atoms with Gasteiger partial charge in [-0.15, -0.1) is 0 Å². The van der Waals surface area contributed by atoms with Gasteiger partial charge in [0.25, 0.3) is 0 Å². The van der Waals surface area contributed by atoms with Crippen LogP contribution in [-0.4, -0.2) is 35.0 Å². The van der Waals surface area contributed by atoms with Crippen LogP contribution in [0.4, 0.5) is 0 Å². The van der Waals surface area contributed by atoms with Gasteiger partial charge in [0, 0.05) is 34.6 Å². The zero-order valence-corrected chi connectivity index (χ0v) is 10.2. The fraction of sp³-hybridized carbons (Fsp3) is 0.778.